The average molecular weight is 650 g/mol. The van der Waals surface area contributed by atoms with E-state index in [1.807, 2.05) is 110 Å². The highest BCUT2D eigenvalue weighted by molar-refractivity contribution is 7.07. The molecule has 1 atom stereocenters. The van der Waals surface area contributed by atoms with E-state index in [-0.39, 0.29) is 11.5 Å². The number of rotatable bonds is 6. The van der Waals surface area contributed by atoms with Crippen LogP contribution in [0.15, 0.2) is 130 Å². The predicted molar refractivity (Wildman–Crippen MR) is 183 cm³/mol. The molecule has 9 heteroatoms. The van der Waals surface area contributed by atoms with Crippen molar-refractivity contribution in [2.45, 2.75) is 19.5 Å². The second-order valence-electron chi connectivity index (χ2n) is 10.8. The van der Waals surface area contributed by atoms with Crippen LogP contribution in [0.1, 0.15) is 29.7 Å². The van der Waals surface area contributed by atoms with E-state index in [0.29, 0.717) is 42.9 Å². The quantitative estimate of drug-likeness (QED) is 0.208. The Morgan fingerprint density at radius 3 is 2.42 bits per heavy atom. The standard InChI is InChI=1S/C36H26Cl2N4O2S/c1-22-32(34(43)40-27-12-6-3-7-13-27)33(23-10-4-2-5-11-23)42-35(44)31(45-36(42)39-22)18-25-21-41(30-15-9-8-14-28(25)30)20-24-16-17-26(37)19-29(24)38/h2-19,21,33H,20H2,1H3,(H,40,43)/b31-18-/t33-/m1/s1. The van der Waals surface area contributed by atoms with Crippen LogP contribution in [0, 0.1) is 0 Å². The molecule has 4 aromatic carbocycles. The van der Waals surface area contributed by atoms with E-state index in [9.17, 15) is 9.59 Å². The molecule has 0 bridgehead atoms. The van der Waals surface area contributed by atoms with Crippen molar-refractivity contribution in [3.8, 4) is 0 Å². The van der Waals surface area contributed by atoms with Crippen molar-refractivity contribution in [3.63, 3.8) is 0 Å². The highest BCUT2D eigenvalue weighted by Gasteiger charge is 2.32. The molecule has 0 aliphatic carbocycles. The second kappa shape index (κ2) is 12.0. The fourth-order valence-corrected chi connectivity index (χ4v) is 7.28. The molecule has 0 radical (unpaired) electrons. The van der Waals surface area contributed by atoms with Gasteiger partial charge in [-0.15, -0.1) is 0 Å². The van der Waals surface area contributed by atoms with E-state index >= 15 is 0 Å². The maximum atomic E-state index is 14.2. The first-order valence-corrected chi connectivity index (χ1v) is 15.9. The molecule has 1 aliphatic heterocycles. The zero-order valence-electron chi connectivity index (χ0n) is 24.1. The summed E-state index contributed by atoms with van der Waals surface area (Å²) in [5, 5.41) is 5.18. The molecule has 2 aromatic heterocycles. The van der Waals surface area contributed by atoms with E-state index in [1.54, 1.807) is 10.6 Å². The number of thiazole rings is 1. The maximum absolute atomic E-state index is 14.2. The number of allylic oxidation sites excluding steroid dienone is 1. The first kappa shape index (κ1) is 29.0. The van der Waals surface area contributed by atoms with Crippen molar-refractivity contribution >= 4 is 63.1 Å². The monoisotopic (exact) mass is 648 g/mol. The van der Waals surface area contributed by atoms with E-state index in [0.717, 1.165) is 27.6 Å². The van der Waals surface area contributed by atoms with Gasteiger partial charge < -0.3 is 9.88 Å². The van der Waals surface area contributed by atoms with E-state index in [1.165, 1.54) is 11.3 Å². The second-order valence-corrected chi connectivity index (χ2v) is 12.6. The summed E-state index contributed by atoms with van der Waals surface area (Å²) in [6.45, 7) is 2.36. The third kappa shape index (κ3) is 5.55. The predicted octanol–water partition coefficient (Wildman–Crippen LogP) is 7.18. The topological polar surface area (TPSA) is 68.4 Å². The van der Waals surface area contributed by atoms with Gasteiger partial charge >= 0.3 is 0 Å². The van der Waals surface area contributed by atoms with Crippen LogP contribution >= 0.6 is 34.5 Å². The van der Waals surface area contributed by atoms with Crippen molar-refractivity contribution in [2.75, 3.05) is 5.32 Å². The van der Waals surface area contributed by atoms with Gasteiger partial charge in [0, 0.05) is 44.9 Å². The van der Waals surface area contributed by atoms with Crippen molar-refractivity contribution in [3.05, 3.63) is 167 Å². The number of halogens is 2. The smallest absolute Gasteiger partial charge is 0.271 e. The summed E-state index contributed by atoms with van der Waals surface area (Å²) in [7, 11) is 0. The number of carbonyl (C=O) groups is 1. The van der Waals surface area contributed by atoms with E-state index in [2.05, 4.69) is 16.0 Å². The van der Waals surface area contributed by atoms with Crippen molar-refractivity contribution < 1.29 is 4.79 Å². The molecule has 0 fully saturated rings. The minimum Gasteiger partial charge on any atom is -0.342 e. The third-order valence-electron chi connectivity index (χ3n) is 7.88. The molecule has 6 aromatic rings. The highest BCUT2D eigenvalue weighted by Crippen LogP contribution is 2.31. The Morgan fingerprint density at radius 1 is 0.956 bits per heavy atom. The average Bonchev–Trinajstić information content (AvgIpc) is 3.54. The Balaban J connectivity index is 1.35. The molecule has 3 heterocycles. The van der Waals surface area contributed by atoms with Crippen molar-refractivity contribution in [2.24, 2.45) is 4.99 Å². The number of para-hydroxylation sites is 2. The maximum Gasteiger partial charge on any atom is 0.271 e. The van der Waals surface area contributed by atoms with Crippen LogP contribution in [0.2, 0.25) is 10.0 Å². The Bertz CT molecular complexity index is 2300. The number of benzene rings is 4. The van der Waals surface area contributed by atoms with Gasteiger partial charge in [0.05, 0.1) is 21.8 Å². The molecule has 222 valence electrons. The van der Waals surface area contributed by atoms with Gasteiger partial charge in [0.25, 0.3) is 11.5 Å². The summed E-state index contributed by atoms with van der Waals surface area (Å²) < 4.78 is 4.29. The van der Waals surface area contributed by atoms with Crippen LogP contribution < -0.4 is 20.2 Å². The summed E-state index contributed by atoms with van der Waals surface area (Å²) in [5.41, 5.74) is 5.14. The minimum atomic E-state index is -0.637. The number of aromatic nitrogens is 2. The van der Waals surface area contributed by atoms with Crippen molar-refractivity contribution in [1.29, 1.82) is 0 Å². The lowest BCUT2D eigenvalue weighted by molar-refractivity contribution is -0.113. The molecule has 1 aliphatic rings. The van der Waals surface area contributed by atoms with Gasteiger partial charge in [-0.25, -0.2) is 4.99 Å². The van der Waals surface area contributed by atoms with Gasteiger partial charge in [0.2, 0.25) is 0 Å². The number of hydrogen-bond donors (Lipinski definition) is 1. The normalized spacial score (nSPS) is 14.8. The number of carbonyl (C=O) groups excluding carboxylic acids is 1. The lowest BCUT2D eigenvalue weighted by Crippen LogP contribution is -2.40. The lowest BCUT2D eigenvalue weighted by Gasteiger charge is -2.25. The Hall–Kier alpha value is -4.69. The highest BCUT2D eigenvalue weighted by atomic mass is 35.5. The van der Waals surface area contributed by atoms with Gasteiger partial charge in [0.15, 0.2) is 4.80 Å². The van der Waals surface area contributed by atoms with Crippen LogP contribution in [0.25, 0.3) is 17.0 Å². The number of hydrogen-bond acceptors (Lipinski definition) is 4. The summed E-state index contributed by atoms with van der Waals surface area (Å²) >= 11 is 14.0. The minimum absolute atomic E-state index is 0.206. The summed E-state index contributed by atoms with van der Waals surface area (Å²) in [4.78, 5) is 33.3. The van der Waals surface area contributed by atoms with Crippen LogP contribution in [0.5, 0.6) is 0 Å². The Morgan fingerprint density at radius 2 is 1.67 bits per heavy atom. The SMILES string of the molecule is CC1=C(C(=O)Nc2ccccc2)[C@@H](c2ccccc2)n2c(s/c(=C\c3cn(Cc4ccc(Cl)cc4Cl)c4ccccc34)c2=O)=N1. The molecule has 0 spiro atoms. The van der Waals surface area contributed by atoms with Gasteiger partial charge in [0.1, 0.15) is 0 Å². The largest absolute Gasteiger partial charge is 0.342 e. The summed E-state index contributed by atoms with van der Waals surface area (Å²) in [5.74, 6) is -0.297. The molecular weight excluding hydrogens is 623 g/mol. The Labute approximate surface area is 272 Å². The lowest BCUT2D eigenvalue weighted by atomic mass is 9.95. The molecule has 6 nitrogen and oxygen atoms in total. The fourth-order valence-electron chi connectivity index (χ4n) is 5.78. The molecule has 7 rings (SSSR count). The zero-order chi connectivity index (χ0) is 31.1. The van der Waals surface area contributed by atoms with E-state index < -0.39 is 6.04 Å². The molecule has 0 saturated carbocycles. The zero-order valence-corrected chi connectivity index (χ0v) is 26.4. The first-order valence-electron chi connectivity index (χ1n) is 14.3. The molecule has 0 unspecified atom stereocenters. The Kier molecular flexibility index (Phi) is 7.75. The number of amides is 1. The molecular formula is C36H26Cl2N4O2S. The van der Waals surface area contributed by atoms with Gasteiger partial charge in [-0.1, -0.05) is 107 Å². The third-order valence-corrected chi connectivity index (χ3v) is 9.44. The van der Waals surface area contributed by atoms with Gasteiger partial charge in [-0.3, -0.25) is 14.2 Å². The number of nitrogens with one attached hydrogen (secondary N) is 1. The van der Waals surface area contributed by atoms with Gasteiger partial charge in [-0.05, 0) is 54.5 Å². The molecule has 0 saturated heterocycles. The van der Waals surface area contributed by atoms with Crippen LogP contribution in [0.4, 0.5) is 5.69 Å². The van der Waals surface area contributed by atoms with Crippen LogP contribution in [-0.4, -0.2) is 15.0 Å². The van der Waals surface area contributed by atoms with Crippen LogP contribution in [-0.2, 0) is 11.3 Å². The summed E-state index contributed by atoms with van der Waals surface area (Å²) in [6.07, 6.45) is 3.95. The number of fused-ring (bicyclic) bond motifs is 2. The van der Waals surface area contributed by atoms with Gasteiger partial charge in [-0.2, -0.15) is 0 Å². The summed E-state index contributed by atoms with van der Waals surface area (Å²) in [6, 6.07) is 31.8. The number of nitrogens with zero attached hydrogens (tertiary/aromatic N) is 3. The van der Waals surface area contributed by atoms with Crippen molar-refractivity contribution in [1.82, 2.24) is 9.13 Å². The molecule has 1 N–H and O–H groups in total. The fraction of sp³-hybridized carbons (Fsp3) is 0.0833. The number of anilines is 1. The molecule has 1 amide bonds. The molecule has 45 heavy (non-hydrogen) atoms. The van der Waals surface area contributed by atoms with Crippen LogP contribution in [0.3, 0.4) is 0 Å². The first-order chi connectivity index (χ1) is 21.9. The van der Waals surface area contributed by atoms with E-state index in [4.69, 9.17) is 28.2 Å².